The molecule has 2 aromatic rings. The molecule has 1 unspecified atom stereocenters. The van der Waals surface area contributed by atoms with Crippen LogP contribution in [0.5, 0.6) is 5.75 Å². The van der Waals surface area contributed by atoms with Gasteiger partial charge in [-0.15, -0.1) is 0 Å². The van der Waals surface area contributed by atoms with E-state index in [2.05, 4.69) is 56.3 Å². The molecule has 0 aliphatic carbocycles. The van der Waals surface area contributed by atoms with Crippen molar-refractivity contribution in [2.45, 2.75) is 19.8 Å². The molecule has 0 fully saturated rings. The van der Waals surface area contributed by atoms with Crippen LogP contribution in [0.3, 0.4) is 0 Å². The average molecular weight is 226 g/mol. The van der Waals surface area contributed by atoms with E-state index in [0.29, 0.717) is 5.92 Å². The molecule has 0 spiro atoms. The SMILES string of the molecule is CC=CC(C)c1ccc2cc(OC)ccc2c1. The fourth-order valence-electron chi connectivity index (χ4n) is 2.05. The zero-order valence-corrected chi connectivity index (χ0v) is 10.6. The first-order valence-electron chi connectivity index (χ1n) is 5.95. The highest BCUT2D eigenvalue weighted by Gasteiger charge is 2.03. The summed E-state index contributed by atoms with van der Waals surface area (Å²) in [4.78, 5) is 0. The van der Waals surface area contributed by atoms with E-state index < -0.39 is 0 Å². The van der Waals surface area contributed by atoms with Gasteiger partial charge >= 0.3 is 0 Å². The van der Waals surface area contributed by atoms with Gasteiger partial charge in [-0.05, 0) is 41.3 Å². The number of rotatable bonds is 3. The topological polar surface area (TPSA) is 9.23 Å². The first-order valence-corrected chi connectivity index (χ1v) is 5.95. The highest BCUT2D eigenvalue weighted by molar-refractivity contribution is 5.84. The van der Waals surface area contributed by atoms with Crippen molar-refractivity contribution in [1.82, 2.24) is 0 Å². The van der Waals surface area contributed by atoms with E-state index in [9.17, 15) is 0 Å². The lowest BCUT2D eigenvalue weighted by Gasteiger charge is -2.09. The van der Waals surface area contributed by atoms with Crippen molar-refractivity contribution in [3.05, 3.63) is 54.1 Å². The summed E-state index contributed by atoms with van der Waals surface area (Å²) < 4.78 is 5.23. The van der Waals surface area contributed by atoms with Gasteiger partial charge in [0.2, 0.25) is 0 Å². The van der Waals surface area contributed by atoms with Crippen LogP contribution >= 0.6 is 0 Å². The molecule has 0 heterocycles. The van der Waals surface area contributed by atoms with Gasteiger partial charge in [-0.2, -0.15) is 0 Å². The molecule has 0 saturated carbocycles. The molecule has 2 aromatic carbocycles. The lowest BCUT2D eigenvalue weighted by Crippen LogP contribution is -1.89. The first kappa shape index (κ1) is 11.7. The van der Waals surface area contributed by atoms with Crippen molar-refractivity contribution in [2.75, 3.05) is 7.11 Å². The minimum atomic E-state index is 0.464. The fraction of sp³-hybridized carbons (Fsp3) is 0.250. The molecule has 0 aliphatic rings. The summed E-state index contributed by atoms with van der Waals surface area (Å²) >= 11 is 0. The monoisotopic (exact) mass is 226 g/mol. The van der Waals surface area contributed by atoms with Crippen molar-refractivity contribution in [2.24, 2.45) is 0 Å². The van der Waals surface area contributed by atoms with Crippen LogP contribution in [0.1, 0.15) is 25.3 Å². The van der Waals surface area contributed by atoms with Crippen LogP contribution in [0.4, 0.5) is 0 Å². The van der Waals surface area contributed by atoms with Gasteiger partial charge in [-0.3, -0.25) is 0 Å². The van der Waals surface area contributed by atoms with Crippen LogP contribution in [0.2, 0.25) is 0 Å². The Bertz CT molecular complexity index is 540. The summed E-state index contributed by atoms with van der Waals surface area (Å²) in [7, 11) is 1.70. The Kier molecular flexibility index (Phi) is 3.48. The Morgan fingerprint density at radius 2 is 1.76 bits per heavy atom. The second-order valence-corrected chi connectivity index (χ2v) is 4.29. The molecule has 0 aliphatic heterocycles. The van der Waals surface area contributed by atoms with Crippen molar-refractivity contribution >= 4 is 10.8 Å². The minimum Gasteiger partial charge on any atom is -0.497 e. The van der Waals surface area contributed by atoms with Gasteiger partial charge in [0.25, 0.3) is 0 Å². The molecule has 2 rings (SSSR count). The number of allylic oxidation sites excluding steroid dienone is 2. The Hall–Kier alpha value is -1.76. The van der Waals surface area contributed by atoms with Crippen molar-refractivity contribution in [3.63, 3.8) is 0 Å². The van der Waals surface area contributed by atoms with Gasteiger partial charge in [0.05, 0.1) is 7.11 Å². The summed E-state index contributed by atoms with van der Waals surface area (Å²) in [6, 6.07) is 12.8. The van der Waals surface area contributed by atoms with Gasteiger partial charge in [0.15, 0.2) is 0 Å². The normalized spacial score (nSPS) is 13.1. The smallest absolute Gasteiger partial charge is 0.119 e. The average Bonchev–Trinajstić information content (AvgIpc) is 2.37. The maximum Gasteiger partial charge on any atom is 0.119 e. The Morgan fingerprint density at radius 3 is 2.47 bits per heavy atom. The molecule has 0 radical (unpaired) electrons. The van der Waals surface area contributed by atoms with Crippen LogP contribution in [-0.2, 0) is 0 Å². The van der Waals surface area contributed by atoms with Crippen LogP contribution in [0, 0.1) is 0 Å². The van der Waals surface area contributed by atoms with Gasteiger partial charge < -0.3 is 4.74 Å². The molecule has 0 N–H and O–H groups in total. The highest BCUT2D eigenvalue weighted by Crippen LogP contribution is 2.25. The number of ether oxygens (including phenoxy) is 1. The molecule has 0 bridgehead atoms. The van der Waals surface area contributed by atoms with E-state index in [1.807, 2.05) is 6.07 Å². The van der Waals surface area contributed by atoms with E-state index in [1.165, 1.54) is 16.3 Å². The van der Waals surface area contributed by atoms with E-state index in [0.717, 1.165) is 5.75 Å². The van der Waals surface area contributed by atoms with Crippen molar-refractivity contribution < 1.29 is 4.74 Å². The maximum absolute atomic E-state index is 5.23. The molecule has 1 heteroatoms. The van der Waals surface area contributed by atoms with Crippen LogP contribution in [0.25, 0.3) is 10.8 Å². The first-order chi connectivity index (χ1) is 8.24. The summed E-state index contributed by atoms with van der Waals surface area (Å²) in [5, 5.41) is 2.49. The zero-order chi connectivity index (χ0) is 12.3. The molecular formula is C16H18O. The fourth-order valence-corrected chi connectivity index (χ4v) is 2.05. The molecule has 1 nitrogen and oxygen atoms in total. The molecule has 1 atom stereocenters. The van der Waals surface area contributed by atoms with Crippen molar-refractivity contribution in [3.8, 4) is 5.75 Å². The molecular weight excluding hydrogens is 208 g/mol. The van der Waals surface area contributed by atoms with Gasteiger partial charge in [0, 0.05) is 0 Å². The second kappa shape index (κ2) is 5.05. The standard InChI is InChI=1S/C16H18O/c1-4-5-12(2)13-6-7-15-11-16(17-3)9-8-14(15)10-13/h4-12H,1-3H3. The number of fused-ring (bicyclic) bond motifs is 1. The van der Waals surface area contributed by atoms with Crippen LogP contribution in [-0.4, -0.2) is 7.11 Å². The van der Waals surface area contributed by atoms with Crippen molar-refractivity contribution in [1.29, 1.82) is 0 Å². The van der Waals surface area contributed by atoms with Crippen LogP contribution < -0.4 is 4.74 Å². The largest absolute Gasteiger partial charge is 0.497 e. The summed E-state index contributed by atoms with van der Waals surface area (Å²) in [5.74, 6) is 1.37. The zero-order valence-electron chi connectivity index (χ0n) is 10.6. The molecule has 0 saturated heterocycles. The van der Waals surface area contributed by atoms with Gasteiger partial charge in [-0.25, -0.2) is 0 Å². The third-order valence-electron chi connectivity index (χ3n) is 3.08. The number of hydrogen-bond donors (Lipinski definition) is 0. The minimum absolute atomic E-state index is 0.464. The Morgan fingerprint density at radius 1 is 1.06 bits per heavy atom. The third kappa shape index (κ3) is 2.50. The summed E-state index contributed by atoms with van der Waals surface area (Å²) in [6.45, 7) is 4.27. The van der Waals surface area contributed by atoms with E-state index >= 15 is 0 Å². The third-order valence-corrected chi connectivity index (χ3v) is 3.08. The number of benzene rings is 2. The van der Waals surface area contributed by atoms with E-state index in [4.69, 9.17) is 4.74 Å². The predicted octanol–water partition coefficient (Wildman–Crippen LogP) is 4.53. The summed E-state index contributed by atoms with van der Waals surface area (Å²) in [6.07, 6.45) is 4.31. The predicted molar refractivity (Wildman–Crippen MR) is 73.7 cm³/mol. The lowest BCUT2D eigenvalue weighted by atomic mass is 9.97. The Labute approximate surface area is 103 Å². The molecule has 0 amide bonds. The van der Waals surface area contributed by atoms with Crippen LogP contribution in [0.15, 0.2) is 48.6 Å². The Balaban J connectivity index is 2.44. The van der Waals surface area contributed by atoms with Gasteiger partial charge in [0.1, 0.15) is 5.75 Å². The lowest BCUT2D eigenvalue weighted by molar-refractivity contribution is 0.415. The molecule has 17 heavy (non-hydrogen) atoms. The van der Waals surface area contributed by atoms with E-state index in [-0.39, 0.29) is 0 Å². The summed E-state index contributed by atoms with van der Waals surface area (Å²) in [5.41, 5.74) is 1.35. The number of methoxy groups -OCH3 is 1. The number of hydrogen-bond acceptors (Lipinski definition) is 1. The highest BCUT2D eigenvalue weighted by atomic mass is 16.5. The van der Waals surface area contributed by atoms with E-state index in [1.54, 1.807) is 7.11 Å². The van der Waals surface area contributed by atoms with Gasteiger partial charge in [-0.1, -0.05) is 43.3 Å². The maximum atomic E-state index is 5.23. The quantitative estimate of drug-likeness (QED) is 0.699. The molecule has 0 aromatic heterocycles. The second-order valence-electron chi connectivity index (χ2n) is 4.29. The molecule has 88 valence electrons.